The van der Waals surface area contributed by atoms with Gasteiger partial charge in [0.2, 0.25) is 11.8 Å². The van der Waals surface area contributed by atoms with Crippen LogP contribution < -0.4 is 10.1 Å². The summed E-state index contributed by atoms with van der Waals surface area (Å²) in [5.74, 6) is -0.289. The van der Waals surface area contributed by atoms with Crippen molar-refractivity contribution in [3.63, 3.8) is 0 Å². The molecule has 4 nitrogen and oxygen atoms in total. The lowest BCUT2D eigenvalue weighted by molar-refractivity contribution is -0.154. The second-order valence-electron chi connectivity index (χ2n) is 4.42. The maximum Gasteiger partial charge on any atom is 0.422 e. The molecule has 0 saturated heterocycles. The van der Waals surface area contributed by atoms with Crippen LogP contribution in [-0.4, -0.2) is 28.5 Å². The van der Waals surface area contributed by atoms with Gasteiger partial charge in [0, 0.05) is 6.07 Å². The van der Waals surface area contributed by atoms with Crippen LogP contribution in [0.1, 0.15) is 13.8 Å². The average molecular weight is 355 g/mol. The average Bonchev–Trinajstić information content (AvgIpc) is 2.36. The normalized spacial score (nSPS) is 13.2. The molecule has 1 aromatic heterocycles. The van der Waals surface area contributed by atoms with Crippen molar-refractivity contribution < 1.29 is 22.7 Å². The summed E-state index contributed by atoms with van der Waals surface area (Å²) in [5, 5.41) is 2.60. The van der Waals surface area contributed by atoms with Gasteiger partial charge in [-0.15, -0.1) is 0 Å². The molecule has 0 saturated carbocycles. The third kappa shape index (κ3) is 5.77. The van der Waals surface area contributed by atoms with E-state index in [9.17, 15) is 18.0 Å². The Morgan fingerprint density at radius 1 is 1.45 bits per heavy atom. The number of anilines is 1. The lowest BCUT2D eigenvalue weighted by atomic mass is 10.1. The quantitative estimate of drug-likeness (QED) is 0.824. The van der Waals surface area contributed by atoms with Crippen molar-refractivity contribution in [3.8, 4) is 5.88 Å². The Balaban J connectivity index is 2.57. The first kappa shape index (κ1) is 16.7. The molecule has 1 aromatic rings. The number of rotatable bonds is 5. The molecule has 0 radical (unpaired) electrons. The standard InChI is InChI=1S/C12H14BrF3N2O2/c1-7(2)10(13)11(19)18-8-3-4-9(17-5-8)20-6-12(14,15)16/h3-5,7,10H,6H2,1-2H3,(H,18,19). The third-order valence-electron chi connectivity index (χ3n) is 2.22. The molecule has 1 unspecified atom stereocenters. The summed E-state index contributed by atoms with van der Waals surface area (Å²) in [7, 11) is 0. The number of nitrogens with zero attached hydrogens (tertiary/aromatic N) is 1. The van der Waals surface area contributed by atoms with Crippen molar-refractivity contribution in [1.29, 1.82) is 0 Å². The van der Waals surface area contributed by atoms with E-state index in [1.807, 2.05) is 13.8 Å². The van der Waals surface area contributed by atoms with Crippen LogP contribution in [0.2, 0.25) is 0 Å². The van der Waals surface area contributed by atoms with Gasteiger partial charge in [0.15, 0.2) is 6.61 Å². The molecular formula is C12H14BrF3N2O2. The highest BCUT2D eigenvalue weighted by atomic mass is 79.9. The zero-order valence-corrected chi connectivity index (χ0v) is 12.5. The summed E-state index contributed by atoms with van der Waals surface area (Å²) in [5.41, 5.74) is 0.388. The largest absolute Gasteiger partial charge is 0.468 e. The van der Waals surface area contributed by atoms with E-state index in [2.05, 4.69) is 31.0 Å². The Morgan fingerprint density at radius 3 is 2.55 bits per heavy atom. The van der Waals surface area contributed by atoms with Crippen LogP contribution in [0.5, 0.6) is 5.88 Å². The smallest absolute Gasteiger partial charge is 0.422 e. The number of amides is 1. The molecule has 1 N–H and O–H groups in total. The fourth-order valence-corrected chi connectivity index (χ4v) is 1.32. The zero-order valence-electron chi connectivity index (χ0n) is 10.9. The number of pyridine rings is 1. The van der Waals surface area contributed by atoms with Crippen LogP contribution >= 0.6 is 15.9 Å². The fourth-order valence-electron chi connectivity index (χ4n) is 1.21. The minimum Gasteiger partial charge on any atom is -0.468 e. The number of hydrogen-bond donors (Lipinski definition) is 1. The number of hydrogen-bond acceptors (Lipinski definition) is 3. The van der Waals surface area contributed by atoms with E-state index in [0.29, 0.717) is 5.69 Å². The Hall–Kier alpha value is -1.31. The molecule has 0 aliphatic rings. The van der Waals surface area contributed by atoms with Gasteiger partial charge in [0.05, 0.1) is 16.7 Å². The summed E-state index contributed by atoms with van der Waals surface area (Å²) in [6, 6.07) is 2.69. The van der Waals surface area contributed by atoms with Gasteiger partial charge in [0.25, 0.3) is 0 Å². The van der Waals surface area contributed by atoms with Gasteiger partial charge in [-0.25, -0.2) is 4.98 Å². The molecule has 20 heavy (non-hydrogen) atoms. The van der Waals surface area contributed by atoms with Gasteiger partial charge < -0.3 is 10.1 Å². The molecule has 1 rings (SSSR count). The summed E-state index contributed by atoms with van der Waals surface area (Å²) >= 11 is 3.24. The van der Waals surface area contributed by atoms with E-state index in [1.54, 1.807) is 0 Å². The minimum absolute atomic E-state index is 0.109. The first-order valence-corrected chi connectivity index (χ1v) is 6.71. The van der Waals surface area contributed by atoms with E-state index in [0.717, 1.165) is 0 Å². The van der Waals surface area contributed by atoms with E-state index >= 15 is 0 Å². The molecule has 0 spiro atoms. The number of alkyl halides is 4. The van der Waals surface area contributed by atoms with Crippen molar-refractivity contribution in [1.82, 2.24) is 4.98 Å². The number of carbonyl (C=O) groups excluding carboxylic acids is 1. The minimum atomic E-state index is -4.41. The number of carbonyl (C=O) groups is 1. The molecule has 112 valence electrons. The summed E-state index contributed by atoms with van der Waals surface area (Å²) in [6.45, 7) is 2.36. The van der Waals surface area contributed by atoms with Crippen LogP contribution in [0, 0.1) is 5.92 Å². The number of aromatic nitrogens is 1. The lowest BCUT2D eigenvalue weighted by Crippen LogP contribution is -2.27. The predicted molar refractivity (Wildman–Crippen MR) is 72.0 cm³/mol. The topological polar surface area (TPSA) is 51.2 Å². The van der Waals surface area contributed by atoms with Gasteiger partial charge in [0.1, 0.15) is 0 Å². The van der Waals surface area contributed by atoms with Gasteiger partial charge in [-0.2, -0.15) is 13.2 Å². The Morgan fingerprint density at radius 2 is 2.10 bits per heavy atom. The summed E-state index contributed by atoms with van der Waals surface area (Å²) in [4.78, 5) is 15.1. The van der Waals surface area contributed by atoms with Crippen molar-refractivity contribution in [3.05, 3.63) is 18.3 Å². The van der Waals surface area contributed by atoms with Crippen LogP contribution in [0.4, 0.5) is 18.9 Å². The second-order valence-corrected chi connectivity index (χ2v) is 5.41. The van der Waals surface area contributed by atoms with Gasteiger partial charge in [-0.05, 0) is 12.0 Å². The van der Waals surface area contributed by atoms with E-state index in [1.165, 1.54) is 18.3 Å². The first-order valence-electron chi connectivity index (χ1n) is 5.79. The van der Waals surface area contributed by atoms with Crippen LogP contribution in [0.15, 0.2) is 18.3 Å². The van der Waals surface area contributed by atoms with E-state index < -0.39 is 12.8 Å². The maximum absolute atomic E-state index is 11.9. The van der Waals surface area contributed by atoms with Crippen molar-refractivity contribution >= 4 is 27.5 Å². The molecule has 0 aromatic carbocycles. The lowest BCUT2D eigenvalue weighted by Gasteiger charge is -2.14. The molecule has 0 fully saturated rings. The highest BCUT2D eigenvalue weighted by Crippen LogP contribution is 2.19. The highest BCUT2D eigenvalue weighted by molar-refractivity contribution is 9.10. The van der Waals surface area contributed by atoms with Gasteiger partial charge >= 0.3 is 6.18 Å². The number of halogens is 4. The Labute approximate surface area is 122 Å². The summed E-state index contributed by atoms with van der Waals surface area (Å²) < 4.78 is 40.3. The highest BCUT2D eigenvalue weighted by Gasteiger charge is 2.28. The Bertz CT molecular complexity index is 449. The van der Waals surface area contributed by atoms with Crippen LogP contribution in [0.3, 0.4) is 0 Å². The fraction of sp³-hybridized carbons (Fsp3) is 0.500. The molecule has 8 heteroatoms. The zero-order chi connectivity index (χ0) is 15.3. The third-order valence-corrected chi connectivity index (χ3v) is 3.70. The molecule has 0 aliphatic heterocycles. The van der Waals surface area contributed by atoms with Crippen LogP contribution in [0.25, 0.3) is 0 Å². The monoisotopic (exact) mass is 354 g/mol. The van der Waals surface area contributed by atoms with Crippen molar-refractivity contribution in [2.75, 3.05) is 11.9 Å². The molecule has 1 amide bonds. The van der Waals surface area contributed by atoms with Gasteiger partial charge in [-0.3, -0.25) is 4.79 Å². The Kier molecular flexibility index (Phi) is 5.79. The SMILES string of the molecule is CC(C)C(Br)C(=O)Nc1ccc(OCC(F)(F)F)nc1. The number of ether oxygens (including phenoxy) is 1. The van der Waals surface area contributed by atoms with Crippen molar-refractivity contribution in [2.45, 2.75) is 24.9 Å². The first-order chi connectivity index (χ1) is 9.19. The molecule has 0 aliphatic carbocycles. The van der Waals surface area contributed by atoms with Gasteiger partial charge in [-0.1, -0.05) is 29.8 Å². The summed E-state index contributed by atoms with van der Waals surface area (Å²) in [6.07, 6.45) is -3.17. The molecular weight excluding hydrogens is 341 g/mol. The van der Waals surface area contributed by atoms with Crippen LogP contribution in [-0.2, 0) is 4.79 Å². The van der Waals surface area contributed by atoms with E-state index in [4.69, 9.17) is 0 Å². The molecule has 0 bridgehead atoms. The maximum atomic E-state index is 11.9. The predicted octanol–water partition coefficient (Wildman–Crippen LogP) is 3.38. The molecule has 1 atom stereocenters. The second kappa shape index (κ2) is 6.92. The molecule has 1 heterocycles. The number of nitrogens with one attached hydrogen (secondary N) is 1. The van der Waals surface area contributed by atoms with Crippen molar-refractivity contribution in [2.24, 2.45) is 5.92 Å². The van der Waals surface area contributed by atoms with E-state index in [-0.39, 0.29) is 22.5 Å².